The smallest absolute Gasteiger partial charge is 0.161 e. The third-order valence-electron chi connectivity index (χ3n) is 3.03. The Labute approximate surface area is 126 Å². The molecule has 3 nitrogen and oxygen atoms in total. The van der Waals surface area contributed by atoms with Gasteiger partial charge in [-0.2, -0.15) is 0 Å². The Balaban J connectivity index is 1.82. The van der Waals surface area contributed by atoms with Gasteiger partial charge in [-0.05, 0) is 43.0 Å². The van der Waals surface area contributed by atoms with Crippen molar-refractivity contribution >= 4 is 22.6 Å². The van der Waals surface area contributed by atoms with Crippen LogP contribution in [0.2, 0.25) is 0 Å². The molecule has 0 amide bonds. The summed E-state index contributed by atoms with van der Waals surface area (Å²) in [6.45, 7) is 8.34. The predicted octanol–water partition coefficient (Wildman–Crippen LogP) is 4.40. The molecule has 1 aromatic rings. The predicted molar refractivity (Wildman–Crippen MR) is 89.0 cm³/mol. The molecule has 1 atom stereocenters. The maximum atomic E-state index is 5.58. The normalized spacial score (nSPS) is 18.2. The Morgan fingerprint density at radius 2 is 2.10 bits per heavy atom. The molecule has 1 heterocycles. The summed E-state index contributed by atoms with van der Waals surface area (Å²) in [5.74, 6) is 1.66. The second-order valence-corrected chi connectivity index (χ2v) is 6.80. The van der Waals surface area contributed by atoms with Crippen molar-refractivity contribution in [1.29, 1.82) is 0 Å². The van der Waals surface area contributed by atoms with E-state index >= 15 is 0 Å². The highest BCUT2D eigenvalue weighted by molar-refractivity contribution is 8.15. The average Bonchev–Trinajstić information content (AvgIpc) is 2.84. The Morgan fingerprint density at radius 1 is 1.35 bits per heavy atom. The van der Waals surface area contributed by atoms with E-state index in [4.69, 9.17) is 4.74 Å². The van der Waals surface area contributed by atoms with Gasteiger partial charge in [0.15, 0.2) is 5.17 Å². The fourth-order valence-corrected chi connectivity index (χ4v) is 3.38. The van der Waals surface area contributed by atoms with Crippen LogP contribution in [-0.2, 0) is 0 Å². The van der Waals surface area contributed by atoms with Crippen molar-refractivity contribution in [1.82, 2.24) is 0 Å². The van der Waals surface area contributed by atoms with Crippen LogP contribution in [-0.4, -0.2) is 23.6 Å². The number of amidine groups is 1. The Kier molecular flexibility index (Phi) is 5.77. The van der Waals surface area contributed by atoms with E-state index in [2.05, 4.69) is 31.1 Å². The van der Waals surface area contributed by atoms with Gasteiger partial charge in [0.2, 0.25) is 0 Å². The summed E-state index contributed by atoms with van der Waals surface area (Å²) < 4.78 is 5.58. The quantitative estimate of drug-likeness (QED) is 0.843. The monoisotopic (exact) mass is 292 g/mol. The Bertz CT molecular complexity index is 442. The molecule has 1 N–H and O–H groups in total. The van der Waals surface area contributed by atoms with Crippen LogP contribution in [0.3, 0.4) is 0 Å². The first-order valence-electron chi connectivity index (χ1n) is 7.38. The third kappa shape index (κ3) is 4.75. The number of benzene rings is 1. The highest BCUT2D eigenvalue weighted by Gasteiger charge is 2.20. The maximum absolute atomic E-state index is 5.58. The lowest BCUT2D eigenvalue weighted by Crippen LogP contribution is -2.09. The van der Waals surface area contributed by atoms with Crippen LogP contribution >= 0.6 is 11.8 Å². The second-order valence-electron chi connectivity index (χ2n) is 5.51. The van der Waals surface area contributed by atoms with Crippen LogP contribution in [0.25, 0.3) is 0 Å². The van der Waals surface area contributed by atoms with Crippen molar-refractivity contribution in [3.8, 4) is 5.75 Å². The topological polar surface area (TPSA) is 33.6 Å². The molecular formula is C16H24N2OS. The molecule has 4 heteroatoms. The van der Waals surface area contributed by atoms with E-state index in [1.807, 2.05) is 36.0 Å². The van der Waals surface area contributed by atoms with Crippen LogP contribution in [0.4, 0.5) is 5.69 Å². The number of ether oxygens (including phenoxy) is 1. The molecule has 0 saturated carbocycles. The van der Waals surface area contributed by atoms with Crippen molar-refractivity contribution in [2.75, 3.05) is 18.5 Å². The highest BCUT2D eigenvalue weighted by Crippen LogP contribution is 2.27. The van der Waals surface area contributed by atoms with Gasteiger partial charge in [0.25, 0.3) is 0 Å². The SMILES string of the molecule is CCCOc1ccc(NC2=NCC(CC(C)C)S2)cc1. The van der Waals surface area contributed by atoms with Gasteiger partial charge < -0.3 is 10.1 Å². The lowest BCUT2D eigenvalue weighted by atomic mass is 10.1. The zero-order valence-electron chi connectivity index (χ0n) is 12.6. The third-order valence-corrected chi connectivity index (χ3v) is 4.16. The molecule has 110 valence electrons. The molecule has 1 aliphatic heterocycles. The molecule has 0 spiro atoms. The van der Waals surface area contributed by atoms with Crippen LogP contribution in [0.15, 0.2) is 29.3 Å². The fourth-order valence-electron chi connectivity index (χ4n) is 2.11. The summed E-state index contributed by atoms with van der Waals surface area (Å²) in [6.07, 6.45) is 2.26. The minimum atomic E-state index is 0.629. The second kappa shape index (κ2) is 7.58. The summed E-state index contributed by atoms with van der Waals surface area (Å²) in [6, 6.07) is 8.10. The number of nitrogens with zero attached hydrogens (tertiary/aromatic N) is 1. The zero-order chi connectivity index (χ0) is 14.4. The number of hydrogen-bond acceptors (Lipinski definition) is 4. The molecule has 0 aliphatic carbocycles. The zero-order valence-corrected chi connectivity index (χ0v) is 13.4. The van der Waals surface area contributed by atoms with Gasteiger partial charge in [0, 0.05) is 10.9 Å². The minimum absolute atomic E-state index is 0.629. The molecule has 0 radical (unpaired) electrons. The summed E-state index contributed by atoms with van der Waals surface area (Å²) >= 11 is 1.86. The first-order chi connectivity index (χ1) is 9.67. The molecule has 20 heavy (non-hydrogen) atoms. The summed E-state index contributed by atoms with van der Waals surface area (Å²) in [7, 11) is 0. The van der Waals surface area contributed by atoms with Gasteiger partial charge in [-0.3, -0.25) is 4.99 Å². The lowest BCUT2D eigenvalue weighted by molar-refractivity contribution is 0.317. The first-order valence-corrected chi connectivity index (χ1v) is 8.26. The molecule has 0 aromatic heterocycles. The van der Waals surface area contributed by atoms with Crippen LogP contribution in [0.1, 0.15) is 33.6 Å². The molecule has 0 fully saturated rings. The molecule has 0 bridgehead atoms. The van der Waals surface area contributed by atoms with Crippen molar-refractivity contribution < 1.29 is 4.74 Å². The number of nitrogens with one attached hydrogen (secondary N) is 1. The van der Waals surface area contributed by atoms with E-state index in [-0.39, 0.29) is 0 Å². The van der Waals surface area contributed by atoms with E-state index in [1.54, 1.807) is 0 Å². The molecular weight excluding hydrogens is 268 g/mol. The molecule has 1 unspecified atom stereocenters. The molecule has 1 aromatic carbocycles. The number of aliphatic imine (C=N–C) groups is 1. The van der Waals surface area contributed by atoms with Crippen LogP contribution in [0.5, 0.6) is 5.75 Å². The number of thioether (sulfide) groups is 1. The molecule has 2 rings (SSSR count). The van der Waals surface area contributed by atoms with E-state index in [9.17, 15) is 0 Å². The lowest BCUT2D eigenvalue weighted by Gasteiger charge is -2.11. The maximum Gasteiger partial charge on any atom is 0.161 e. The van der Waals surface area contributed by atoms with E-state index in [0.29, 0.717) is 5.25 Å². The fraction of sp³-hybridized carbons (Fsp3) is 0.562. The Hall–Kier alpha value is -1.16. The number of hydrogen-bond donors (Lipinski definition) is 1. The largest absolute Gasteiger partial charge is 0.494 e. The van der Waals surface area contributed by atoms with Crippen molar-refractivity contribution in [2.24, 2.45) is 10.9 Å². The van der Waals surface area contributed by atoms with Crippen molar-refractivity contribution in [3.05, 3.63) is 24.3 Å². The van der Waals surface area contributed by atoms with E-state index in [1.165, 1.54) is 6.42 Å². The molecule has 1 aliphatic rings. The van der Waals surface area contributed by atoms with Crippen molar-refractivity contribution in [3.63, 3.8) is 0 Å². The van der Waals surface area contributed by atoms with Crippen LogP contribution in [0, 0.1) is 5.92 Å². The number of anilines is 1. The molecule has 0 saturated heterocycles. The average molecular weight is 292 g/mol. The minimum Gasteiger partial charge on any atom is -0.494 e. The summed E-state index contributed by atoms with van der Waals surface area (Å²) in [5, 5.41) is 5.05. The highest BCUT2D eigenvalue weighted by atomic mass is 32.2. The van der Waals surface area contributed by atoms with Gasteiger partial charge in [-0.15, -0.1) is 0 Å². The van der Waals surface area contributed by atoms with E-state index < -0.39 is 0 Å². The van der Waals surface area contributed by atoms with Gasteiger partial charge in [0.1, 0.15) is 5.75 Å². The summed E-state index contributed by atoms with van der Waals surface area (Å²) in [4.78, 5) is 4.57. The standard InChI is InChI=1S/C16H24N2OS/c1-4-9-19-14-7-5-13(6-8-14)18-16-17-11-15(20-16)10-12(2)3/h5-8,12,15H,4,9-11H2,1-3H3,(H,17,18). The van der Waals surface area contributed by atoms with Crippen LogP contribution < -0.4 is 10.1 Å². The van der Waals surface area contributed by atoms with Gasteiger partial charge in [-0.1, -0.05) is 32.5 Å². The van der Waals surface area contributed by atoms with Crippen molar-refractivity contribution in [2.45, 2.75) is 38.9 Å². The summed E-state index contributed by atoms with van der Waals surface area (Å²) in [5.41, 5.74) is 1.07. The van der Waals surface area contributed by atoms with Gasteiger partial charge >= 0.3 is 0 Å². The van der Waals surface area contributed by atoms with Gasteiger partial charge in [-0.25, -0.2) is 0 Å². The van der Waals surface area contributed by atoms with Gasteiger partial charge in [0.05, 0.1) is 13.2 Å². The van der Waals surface area contributed by atoms with E-state index in [0.717, 1.165) is 42.1 Å². The first kappa shape index (κ1) is 15.2. The number of rotatable bonds is 6. The Morgan fingerprint density at radius 3 is 2.75 bits per heavy atom.